The quantitative estimate of drug-likeness (QED) is 0.695. The van der Waals surface area contributed by atoms with Crippen LogP contribution in [0.3, 0.4) is 0 Å². The first kappa shape index (κ1) is 21.7. The molecular weight excluding hydrogens is 254 g/mol. The largest absolute Gasteiger partial charge is 0.373 e. The van der Waals surface area contributed by atoms with Crippen molar-refractivity contribution in [2.75, 3.05) is 19.8 Å². The van der Waals surface area contributed by atoms with E-state index in [1.54, 1.807) is 0 Å². The van der Waals surface area contributed by atoms with E-state index in [0.29, 0.717) is 26.2 Å². The van der Waals surface area contributed by atoms with Crippen LogP contribution >= 0.6 is 0 Å². The topological polar surface area (TPSA) is 47.6 Å². The zero-order valence-corrected chi connectivity index (χ0v) is 14.8. The van der Waals surface area contributed by atoms with E-state index in [9.17, 15) is 4.79 Å². The number of hydrogen-bond acceptors (Lipinski definition) is 3. The van der Waals surface area contributed by atoms with Gasteiger partial charge in [-0.05, 0) is 41.0 Å². The van der Waals surface area contributed by atoms with E-state index in [1.807, 2.05) is 55.4 Å². The van der Waals surface area contributed by atoms with Gasteiger partial charge in [-0.3, -0.25) is 4.79 Å². The Labute approximate surface area is 125 Å². The van der Waals surface area contributed by atoms with Gasteiger partial charge in [-0.25, -0.2) is 0 Å². The number of carbonyl (C=O) groups is 1. The second-order valence-corrected chi connectivity index (χ2v) is 6.10. The maximum absolute atomic E-state index is 11.4. The molecule has 0 fully saturated rings. The van der Waals surface area contributed by atoms with Gasteiger partial charge in [-0.2, -0.15) is 0 Å². The minimum absolute atomic E-state index is 0.0834. The molecule has 0 radical (unpaired) electrons. The van der Waals surface area contributed by atoms with E-state index >= 15 is 0 Å². The van der Waals surface area contributed by atoms with Crippen LogP contribution in [0.4, 0.5) is 0 Å². The third-order valence-corrected chi connectivity index (χ3v) is 2.30. The zero-order valence-electron chi connectivity index (χ0n) is 14.8. The summed E-state index contributed by atoms with van der Waals surface area (Å²) in [6.45, 7) is 17.6. The molecule has 0 aromatic carbocycles. The van der Waals surface area contributed by atoms with Crippen LogP contribution in [0, 0.1) is 0 Å². The second kappa shape index (κ2) is 11.1. The fraction of sp³-hybridized carbons (Fsp3) is 0.938. The van der Waals surface area contributed by atoms with Crippen molar-refractivity contribution < 1.29 is 14.3 Å². The Morgan fingerprint density at radius 2 is 1.50 bits per heavy atom. The van der Waals surface area contributed by atoms with E-state index in [4.69, 9.17) is 9.47 Å². The molecule has 122 valence electrons. The molecule has 0 unspecified atom stereocenters. The van der Waals surface area contributed by atoms with E-state index in [2.05, 4.69) is 5.32 Å². The molecule has 0 rings (SSSR count). The van der Waals surface area contributed by atoms with Gasteiger partial charge in [-0.1, -0.05) is 20.8 Å². The normalized spacial score (nSPS) is 11.6. The molecule has 0 aliphatic carbocycles. The Hall–Kier alpha value is -0.610. The van der Waals surface area contributed by atoms with Crippen LogP contribution in [0.2, 0.25) is 0 Å². The number of hydrogen-bond donors (Lipinski definition) is 1. The van der Waals surface area contributed by atoms with E-state index < -0.39 is 0 Å². The van der Waals surface area contributed by atoms with Crippen molar-refractivity contribution in [3.8, 4) is 0 Å². The van der Waals surface area contributed by atoms with E-state index in [0.717, 1.165) is 6.42 Å². The molecule has 1 amide bonds. The smallest absolute Gasteiger partial charge is 0.220 e. The number of rotatable bonds is 8. The molecule has 0 saturated carbocycles. The highest BCUT2D eigenvalue weighted by molar-refractivity contribution is 5.75. The fourth-order valence-electron chi connectivity index (χ4n) is 1.34. The number of ether oxygens (including phenoxy) is 2. The van der Waals surface area contributed by atoms with Gasteiger partial charge < -0.3 is 14.8 Å². The van der Waals surface area contributed by atoms with E-state index in [1.165, 1.54) is 0 Å². The van der Waals surface area contributed by atoms with Crippen LogP contribution in [0.25, 0.3) is 0 Å². The highest BCUT2D eigenvalue weighted by atomic mass is 16.5. The summed E-state index contributed by atoms with van der Waals surface area (Å²) in [7, 11) is 0. The third kappa shape index (κ3) is 15.4. The van der Waals surface area contributed by atoms with Crippen molar-refractivity contribution >= 4 is 5.91 Å². The predicted octanol–water partition coefficient (Wildman–Crippen LogP) is 3.54. The monoisotopic (exact) mass is 289 g/mol. The third-order valence-electron chi connectivity index (χ3n) is 2.30. The standard InChI is InChI=1S/C14H29NO3.C2H6/c1-7-8-12(16)15-11-14(5,6)18-10-9-17-13(2,3)4;1-2/h7-11H2,1-6H3,(H,15,16);1-2H3. The van der Waals surface area contributed by atoms with Crippen molar-refractivity contribution in [2.45, 2.75) is 79.4 Å². The molecule has 0 saturated heterocycles. The molecule has 0 aromatic heterocycles. The molecule has 0 bridgehead atoms. The van der Waals surface area contributed by atoms with Crippen molar-refractivity contribution in [3.63, 3.8) is 0 Å². The Morgan fingerprint density at radius 3 is 1.95 bits per heavy atom. The SMILES string of the molecule is CC.CCCC(=O)NCC(C)(C)OCCOC(C)(C)C. The fourth-order valence-corrected chi connectivity index (χ4v) is 1.34. The lowest BCUT2D eigenvalue weighted by Crippen LogP contribution is -2.41. The van der Waals surface area contributed by atoms with Crippen molar-refractivity contribution in [1.29, 1.82) is 0 Å². The van der Waals surface area contributed by atoms with Gasteiger partial charge >= 0.3 is 0 Å². The first-order chi connectivity index (χ1) is 9.16. The van der Waals surface area contributed by atoms with Gasteiger partial charge in [0.05, 0.1) is 24.4 Å². The highest BCUT2D eigenvalue weighted by Gasteiger charge is 2.19. The van der Waals surface area contributed by atoms with Gasteiger partial charge in [0.1, 0.15) is 0 Å². The molecule has 4 nitrogen and oxygen atoms in total. The molecule has 4 heteroatoms. The van der Waals surface area contributed by atoms with Gasteiger partial charge in [0.25, 0.3) is 0 Å². The Morgan fingerprint density at radius 1 is 1.00 bits per heavy atom. The molecule has 1 N–H and O–H groups in total. The van der Waals surface area contributed by atoms with Gasteiger partial charge in [0, 0.05) is 13.0 Å². The predicted molar refractivity (Wildman–Crippen MR) is 85.0 cm³/mol. The molecule has 0 aromatic rings. The minimum Gasteiger partial charge on any atom is -0.373 e. The lowest BCUT2D eigenvalue weighted by atomic mass is 10.1. The van der Waals surface area contributed by atoms with Crippen LogP contribution in [-0.4, -0.2) is 36.9 Å². The summed E-state index contributed by atoms with van der Waals surface area (Å²) in [4.78, 5) is 11.4. The van der Waals surface area contributed by atoms with Crippen LogP contribution in [0.15, 0.2) is 0 Å². The van der Waals surface area contributed by atoms with E-state index in [-0.39, 0.29) is 17.1 Å². The molecule has 0 aliphatic heterocycles. The van der Waals surface area contributed by atoms with Crippen molar-refractivity contribution in [3.05, 3.63) is 0 Å². The van der Waals surface area contributed by atoms with Crippen LogP contribution < -0.4 is 5.32 Å². The summed E-state index contributed by atoms with van der Waals surface area (Å²) in [6.07, 6.45) is 1.44. The molecule has 0 heterocycles. The van der Waals surface area contributed by atoms with Crippen molar-refractivity contribution in [2.24, 2.45) is 0 Å². The molecule has 0 aliphatic rings. The zero-order chi connectivity index (χ0) is 16.2. The maximum atomic E-state index is 11.4. The first-order valence-corrected chi connectivity index (χ1v) is 7.71. The Kier molecular flexibility index (Phi) is 12.0. The Balaban J connectivity index is 0. The van der Waals surface area contributed by atoms with Crippen molar-refractivity contribution in [1.82, 2.24) is 5.32 Å². The highest BCUT2D eigenvalue weighted by Crippen LogP contribution is 2.10. The van der Waals surface area contributed by atoms with Crippen LogP contribution in [0.5, 0.6) is 0 Å². The Bertz CT molecular complexity index is 245. The molecule has 20 heavy (non-hydrogen) atoms. The van der Waals surface area contributed by atoms with Crippen LogP contribution in [-0.2, 0) is 14.3 Å². The summed E-state index contributed by atoms with van der Waals surface area (Å²) in [5, 5.41) is 2.88. The first-order valence-electron chi connectivity index (χ1n) is 7.71. The lowest BCUT2D eigenvalue weighted by Gasteiger charge is -2.27. The number of carbonyl (C=O) groups excluding carboxylic acids is 1. The second-order valence-electron chi connectivity index (χ2n) is 6.10. The molecule has 0 spiro atoms. The molecular formula is C16H35NO3. The summed E-state index contributed by atoms with van der Waals surface area (Å²) < 4.78 is 11.3. The summed E-state index contributed by atoms with van der Waals surface area (Å²) >= 11 is 0. The van der Waals surface area contributed by atoms with Gasteiger partial charge in [0.2, 0.25) is 5.91 Å². The minimum atomic E-state index is -0.357. The molecule has 0 atom stereocenters. The lowest BCUT2D eigenvalue weighted by molar-refractivity contribution is -0.123. The van der Waals surface area contributed by atoms with Gasteiger partial charge in [-0.15, -0.1) is 0 Å². The maximum Gasteiger partial charge on any atom is 0.220 e. The van der Waals surface area contributed by atoms with Crippen LogP contribution in [0.1, 0.15) is 68.2 Å². The summed E-state index contributed by atoms with van der Waals surface area (Å²) in [5.41, 5.74) is -0.493. The number of nitrogens with one attached hydrogen (secondary N) is 1. The number of amides is 1. The van der Waals surface area contributed by atoms with Gasteiger partial charge in [0.15, 0.2) is 0 Å². The summed E-state index contributed by atoms with van der Waals surface area (Å²) in [5.74, 6) is 0.0834. The average Bonchev–Trinajstić information content (AvgIpc) is 2.34. The average molecular weight is 289 g/mol. The summed E-state index contributed by atoms with van der Waals surface area (Å²) in [6, 6.07) is 0.